The summed E-state index contributed by atoms with van der Waals surface area (Å²) in [6.07, 6.45) is 4.91. The summed E-state index contributed by atoms with van der Waals surface area (Å²) in [6.45, 7) is 6.95. The van der Waals surface area contributed by atoms with Gasteiger partial charge in [0.25, 0.3) is 0 Å². The summed E-state index contributed by atoms with van der Waals surface area (Å²) in [5.74, 6) is -1.60. The van der Waals surface area contributed by atoms with Gasteiger partial charge in [-0.1, -0.05) is 13.2 Å². The molecule has 7 heteroatoms. The molecule has 0 bridgehead atoms. The van der Waals surface area contributed by atoms with Crippen LogP contribution in [-0.4, -0.2) is 47.9 Å². The fraction of sp³-hybridized carbons (Fsp3) is 0.650. The zero-order chi connectivity index (χ0) is 19.8. The highest BCUT2D eigenvalue weighted by Crippen LogP contribution is 2.30. The Kier molecular flexibility index (Phi) is 8.03. The van der Waals surface area contributed by atoms with E-state index in [4.69, 9.17) is 14.2 Å². The molecule has 5 unspecified atom stereocenters. The van der Waals surface area contributed by atoms with Gasteiger partial charge in [0, 0.05) is 12.2 Å². The van der Waals surface area contributed by atoms with Gasteiger partial charge >= 0.3 is 17.9 Å². The van der Waals surface area contributed by atoms with Gasteiger partial charge in [-0.25, -0.2) is 9.59 Å². The van der Waals surface area contributed by atoms with Crippen LogP contribution in [0.5, 0.6) is 0 Å². The van der Waals surface area contributed by atoms with Crippen molar-refractivity contribution >= 4 is 17.9 Å². The second kappa shape index (κ2) is 10.3. The molecule has 2 saturated carbocycles. The van der Waals surface area contributed by atoms with E-state index < -0.39 is 24.1 Å². The van der Waals surface area contributed by atoms with Gasteiger partial charge in [-0.15, -0.1) is 0 Å². The summed E-state index contributed by atoms with van der Waals surface area (Å²) in [5, 5.41) is 9.97. The van der Waals surface area contributed by atoms with E-state index in [1.54, 1.807) is 0 Å². The van der Waals surface area contributed by atoms with Crippen molar-refractivity contribution in [2.75, 3.05) is 6.61 Å². The van der Waals surface area contributed by atoms with Crippen molar-refractivity contribution in [1.29, 1.82) is 0 Å². The first kappa shape index (κ1) is 21.2. The van der Waals surface area contributed by atoms with Gasteiger partial charge < -0.3 is 19.3 Å². The lowest BCUT2D eigenvalue weighted by Gasteiger charge is -2.33. The molecular weight excluding hydrogens is 352 g/mol. The van der Waals surface area contributed by atoms with Crippen molar-refractivity contribution in [3.8, 4) is 0 Å². The van der Waals surface area contributed by atoms with Gasteiger partial charge in [-0.3, -0.25) is 4.79 Å². The summed E-state index contributed by atoms with van der Waals surface area (Å²) in [7, 11) is 0. The van der Waals surface area contributed by atoms with Crippen molar-refractivity contribution in [3.63, 3.8) is 0 Å². The summed E-state index contributed by atoms with van der Waals surface area (Å²) in [6, 6.07) is 0. The topological polar surface area (TPSA) is 99.1 Å². The lowest BCUT2D eigenvalue weighted by atomic mass is 9.85. The van der Waals surface area contributed by atoms with Crippen LogP contribution >= 0.6 is 0 Å². The van der Waals surface area contributed by atoms with Crippen LogP contribution in [0, 0.1) is 11.8 Å². The molecule has 0 spiro atoms. The minimum atomic E-state index is -0.709. The normalized spacial score (nSPS) is 30.6. The van der Waals surface area contributed by atoms with E-state index in [-0.39, 0.29) is 30.5 Å². The molecule has 0 heterocycles. The van der Waals surface area contributed by atoms with Crippen LogP contribution in [0.3, 0.4) is 0 Å². The molecule has 0 aromatic heterocycles. The van der Waals surface area contributed by atoms with E-state index in [0.717, 1.165) is 25.0 Å². The Morgan fingerprint density at radius 1 is 0.963 bits per heavy atom. The average Bonchev–Trinajstić information content (AvgIpc) is 2.68. The summed E-state index contributed by atoms with van der Waals surface area (Å²) in [5.41, 5.74) is 0. The highest BCUT2D eigenvalue weighted by molar-refractivity contribution is 5.81. The Balaban J connectivity index is 1.78. The molecule has 0 aromatic rings. The fourth-order valence-corrected chi connectivity index (χ4v) is 3.67. The van der Waals surface area contributed by atoms with Crippen LogP contribution in [0.15, 0.2) is 25.3 Å². The SMILES string of the molecule is C=CC(=O)OC1CCCC(C(=O)OCC2CCC(O)C(OC(=O)C=C)C2)C1. The number of rotatable bonds is 7. The Hall–Kier alpha value is -2.15. The minimum absolute atomic E-state index is 0.0259. The van der Waals surface area contributed by atoms with E-state index in [9.17, 15) is 19.5 Å². The quantitative estimate of drug-likeness (QED) is 0.410. The fourth-order valence-electron chi connectivity index (χ4n) is 3.67. The average molecular weight is 380 g/mol. The Labute approximate surface area is 159 Å². The third kappa shape index (κ3) is 6.50. The number of esters is 3. The molecule has 2 aliphatic rings. The number of hydrogen-bond acceptors (Lipinski definition) is 7. The highest BCUT2D eigenvalue weighted by atomic mass is 16.6. The molecule has 2 rings (SSSR count). The van der Waals surface area contributed by atoms with Crippen LogP contribution in [0.1, 0.15) is 44.9 Å². The number of ether oxygens (including phenoxy) is 3. The highest BCUT2D eigenvalue weighted by Gasteiger charge is 2.34. The first-order valence-electron chi connectivity index (χ1n) is 9.43. The smallest absolute Gasteiger partial charge is 0.330 e. The molecule has 0 amide bonds. The molecule has 7 nitrogen and oxygen atoms in total. The molecule has 27 heavy (non-hydrogen) atoms. The number of carbonyl (C=O) groups excluding carboxylic acids is 3. The lowest BCUT2D eigenvalue weighted by Crippen LogP contribution is -2.39. The number of hydrogen-bond donors (Lipinski definition) is 1. The number of aliphatic hydroxyl groups is 1. The van der Waals surface area contributed by atoms with E-state index in [0.29, 0.717) is 32.1 Å². The molecule has 1 N–H and O–H groups in total. The monoisotopic (exact) mass is 380 g/mol. The van der Waals surface area contributed by atoms with Gasteiger partial charge in [0.2, 0.25) is 0 Å². The van der Waals surface area contributed by atoms with Crippen LogP contribution in [0.25, 0.3) is 0 Å². The predicted octanol–water partition coefficient (Wildman–Crippen LogP) is 2.08. The molecule has 2 aliphatic carbocycles. The second-order valence-electron chi connectivity index (χ2n) is 7.18. The summed E-state index contributed by atoms with van der Waals surface area (Å²) in [4.78, 5) is 35.1. The van der Waals surface area contributed by atoms with Gasteiger partial charge in [0.05, 0.1) is 18.6 Å². The molecule has 150 valence electrons. The molecule has 0 aromatic carbocycles. The van der Waals surface area contributed by atoms with Gasteiger partial charge in [0.15, 0.2) is 0 Å². The Morgan fingerprint density at radius 2 is 1.67 bits per heavy atom. The third-order valence-electron chi connectivity index (χ3n) is 5.17. The van der Waals surface area contributed by atoms with E-state index in [1.165, 1.54) is 0 Å². The third-order valence-corrected chi connectivity index (χ3v) is 5.17. The van der Waals surface area contributed by atoms with Crippen LogP contribution in [0.4, 0.5) is 0 Å². The molecular formula is C20H28O7. The Bertz CT molecular complexity index is 571. The number of carbonyl (C=O) groups is 3. The zero-order valence-electron chi connectivity index (χ0n) is 15.5. The first-order valence-corrected chi connectivity index (χ1v) is 9.43. The maximum absolute atomic E-state index is 12.4. The van der Waals surface area contributed by atoms with Crippen molar-refractivity contribution in [1.82, 2.24) is 0 Å². The van der Waals surface area contributed by atoms with Crippen LogP contribution < -0.4 is 0 Å². The van der Waals surface area contributed by atoms with Crippen molar-refractivity contribution in [2.45, 2.75) is 63.3 Å². The summed E-state index contributed by atoms with van der Waals surface area (Å²) >= 11 is 0. The molecule has 0 saturated heterocycles. The largest absolute Gasteiger partial charge is 0.465 e. The maximum atomic E-state index is 12.4. The van der Waals surface area contributed by atoms with Crippen LogP contribution in [-0.2, 0) is 28.6 Å². The Morgan fingerprint density at radius 3 is 2.37 bits per heavy atom. The second-order valence-corrected chi connectivity index (χ2v) is 7.18. The van der Waals surface area contributed by atoms with E-state index >= 15 is 0 Å². The van der Waals surface area contributed by atoms with Crippen molar-refractivity contribution in [3.05, 3.63) is 25.3 Å². The van der Waals surface area contributed by atoms with E-state index in [2.05, 4.69) is 13.2 Å². The minimum Gasteiger partial charge on any atom is -0.465 e. The van der Waals surface area contributed by atoms with Crippen LogP contribution in [0.2, 0.25) is 0 Å². The first-order chi connectivity index (χ1) is 12.9. The van der Waals surface area contributed by atoms with Crippen molar-refractivity contribution in [2.24, 2.45) is 11.8 Å². The van der Waals surface area contributed by atoms with Gasteiger partial charge in [-0.2, -0.15) is 0 Å². The predicted molar refractivity (Wildman–Crippen MR) is 96.4 cm³/mol. The van der Waals surface area contributed by atoms with Gasteiger partial charge in [-0.05, 0) is 50.9 Å². The zero-order valence-corrected chi connectivity index (χ0v) is 15.5. The van der Waals surface area contributed by atoms with Gasteiger partial charge in [0.1, 0.15) is 12.2 Å². The molecule has 5 atom stereocenters. The molecule has 0 aliphatic heterocycles. The maximum Gasteiger partial charge on any atom is 0.330 e. The van der Waals surface area contributed by atoms with Crippen molar-refractivity contribution < 1.29 is 33.7 Å². The standard InChI is InChI=1S/C20H28O7/c1-3-18(22)26-15-7-5-6-14(11-15)20(24)25-12-13-8-9-16(21)17(10-13)27-19(23)4-2/h3-4,13-17,21H,1-2,5-12H2. The molecule has 2 fully saturated rings. The van der Waals surface area contributed by atoms with E-state index in [1.807, 2.05) is 0 Å². The molecule has 0 radical (unpaired) electrons. The number of aliphatic hydroxyl groups excluding tert-OH is 1. The lowest BCUT2D eigenvalue weighted by molar-refractivity contribution is -0.161. The summed E-state index contributed by atoms with van der Waals surface area (Å²) < 4.78 is 15.9.